The lowest BCUT2D eigenvalue weighted by Crippen LogP contribution is -2.37. The lowest BCUT2D eigenvalue weighted by atomic mass is 10.0. The number of alkyl halides is 1. The highest BCUT2D eigenvalue weighted by Gasteiger charge is 2.38. The molecule has 2 atom stereocenters. The largest absolute Gasteiger partial charge is 0.444 e. The second kappa shape index (κ2) is 5.91. The van der Waals surface area contributed by atoms with Gasteiger partial charge >= 0.3 is 6.09 Å². The molecule has 1 aliphatic heterocycles. The van der Waals surface area contributed by atoms with Crippen molar-refractivity contribution < 1.29 is 18.3 Å². The van der Waals surface area contributed by atoms with Crippen LogP contribution in [-0.4, -0.2) is 29.3 Å². The molecule has 118 valence electrons. The van der Waals surface area contributed by atoms with Crippen LogP contribution in [0.4, 0.5) is 13.6 Å². The third-order valence-electron chi connectivity index (χ3n) is 3.31. The van der Waals surface area contributed by atoms with E-state index in [0.29, 0.717) is 5.56 Å². The van der Waals surface area contributed by atoms with Crippen molar-refractivity contribution in [3.8, 4) is 6.07 Å². The van der Waals surface area contributed by atoms with Gasteiger partial charge in [0.05, 0.1) is 24.2 Å². The molecule has 0 radical (unpaired) electrons. The maximum atomic E-state index is 13.8. The number of likely N-dealkylation sites (tertiary alicyclic amines) is 1. The van der Waals surface area contributed by atoms with Crippen LogP contribution in [0.25, 0.3) is 0 Å². The van der Waals surface area contributed by atoms with Crippen molar-refractivity contribution in [3.05, 3.63) is 35.1 Å². The zero-order valence-corrected chi connectivity index (χ0v) is 12.8. The third-order valence-corrected chi connectivity index (χ3v) is 3.31. The Morgan fingerprint density at radius 3 is 2.68 bits per heavy atom. The predicted octanol–water partition coefficient (Wildman–Crippen LogP) is 3.72. The van der Waals surface area contributed by atoms with Gasteiger partial charge in [-0.25, -0.2) is 13.6 Å². The van der Waals surface area contributed by atoms with Crippen LogP contribution < -0.4 is 0 Å². The van der Waals surface area contributed by atoms with Gasteiger partial charge in [0.2, 0.25) is 0 Å². The molecule has 0 spiro atoms. The van der Waals surface area contributed by atoms with E-state index in [4.69, 9.17) is 10.00 Å². The SMILES string of the molecule is CC(C)(C)OC(=O)N1CC(F)CC1c1cc(F)cc(C#N)c1. The average Bonchev–Trinajstić information content (AvgIpc) is 2.78. The number of carbonyl (C=O) groups excluding carboxylic acids is 1. The van der Waals surface area contributed by atoms with E-state index in [-0.39, 0.29) is 18.5 Å². The minimum absolute atomic E-state index is 0.0631. The molecule has 1 aromatic rings. The van der Waals surface area contributed by atoms with E-state index in [1.807, 2.05) is 6.07 Å². The lowest BCUT2D eigenvalue weighted by Gasteiger charge is -2.28. The summed E-state index contributed by atoms with van der Waals surface area (Å²) in [4.78, 5) is 13.5. The summed E-state index contributed by atoms with van der Waals surface area (Å²) < 4.78 is 32.6. The predicted molar refractivity (Wildman–Crippen MR) is 76.3 cm³/mol. The topological polar surface area (TPSA) is 53.3 Å². The van der Waals surface area contributed by atoms with Crippen LogP contribution in [0.2, 0.25) is 0 Å². The van der Waals surface area contributed by atoms with Crippen molar-refractivity contribution in [2.75, 3.05) is 6.54 Å². The van der Waals surface area contributed by atoms with Gasteiger partial charge in [-0.05, 0) is 44.5 Å². The Kier molecular flexibility index (Phi) is 4.36. The molecule has 1 fully saturated rings. The smallest absolute Gasteiger partial charge is 0.410 e. The van der Waals surface area contributed by atoms with E-state index in [9.17, 15) is 13.6 Å². The molecular weight excluding hydrogens is 290 g/mol. The van der Waals surface area contributed by atoms with Gasteiger partial charge in [-0.1, -0.05) is 0 Å². The molecule has 1 aromatic carbocycles. The lowest BCUT2D eigenvalue weighted by molar-refractivity contribution is 0.0216. The second-order valence-corrected chi connectivity index (χ2v) is 6.37. The summed E-state index contributed by atoms with van der Waals surface area (Å²) in [7, 11) is 0. The van der Waals surface area contributed by atoms with Gasteiger partial charge in [0.15, 0.2) is 0 Å². The molecule has 0 N–H and O–H groups in total. The molecule has 1 heterocycles. The van der Waals surface area contributed by atoms with Gasteiger partial charge in [-0.2, -0.15) is 5.26 Å². The zero-order chi connectivity index (χ0) is 16.5. The monoisotopic (exact) mass is 308 g/mol. The molecule has 0 aliphatic carbocycles. The molecule has 2 rings (SSSR count). The van der Waals surface area contributed by atoms with Crippen molar-refractivity contribution in [1.82, 2.24) is 4.90 Å². The third kappa shape index (κ3) is 3.73. The van der Waals surface area contributed by atoms with E-state index in [1.165, 1.54) is 17.0 Å². The molecule has 1 aliphatic rings. The van der Waals surface area contributed by atoms with Crippen molar-refractivity contribution in [3.63, 3.8) is 0 Å². The number of carbonyl (C=O) groups is 1. The van der Waals surface area contributed by atoms with E-state index in [2.05, 4.69) is 0 Å². The van der Waals surface area contributed by atoms with Gasteiger partial charge in [0.1, 0.15) is 17.6 Å². The highest BCUT2D eigenvalue weighted by Crippen LogP contribution is 2.35. The maximum absolute atomic E-state index is 13.8. The minimum Gasteiger partial charge on any atom is -0.444 e. The number of hydrogen-bond donors (Lipinski definition) is 0. The van der Waals surface area contributed by atoms with Crippen LogP contribution in [0.15, 0.2) is 18.2 Å². The Morgan fingerprint density at radius 1 is 1.41 bits per heavy atom. The number of nitrogens with zero attached hydrogens (tertiary/aromatic N) is 2. The Morgan fingerprint density at radius 2 is 2.09 bits per heavy atom. The molecule has 1 amide bonds. The van der Waals surface area contributed by atoms with Crippen LogP contribution in [0, 0.1) is 17.1 Å². The first-order valence-electron chi connectivity index (χ1n) is 7.04. The second-order valence-electron chi connectivity index (χ2n) is 6.37. The number of amides is 1. The van der Waals surface area contributed by atoms with Crippen molar-refractivity contribution >= 4 is 6.09 Å². The molecule has 0 aromatic heterocycles. The molecule has 1 saturated heterocycles. The fourth-order valence-corrected chi connectivity index (χ4v) is 2.49. The standard InChI is InChI=1S/C16H18F2N2O2/c1-16(2,3)22-15(21)20-9-13(18)7-14(20)11-4-10(8-19)5-12(17)6-11/h4-6,13-14H,7,9H2,1-3H3. The number of ether oxygens (including phenoxy) is 1. The fraction of sp³-hybridized carbons (Fsp3) is 0.500. The van der Waals surface area contributed by atoms with E-state index in [0.717, 1.165) is 6.07 Å². The van der Waals surface area contributed by atoms with E-state index in [1.54, 1.807) is 20.8 Å². The first-order valence-corrected chi connectivity index (χ1v) is 7.04. The zero-order valence-electron chi connectivity index (χ0n) is 12.8. The fourth-order valence-electron chi connectivity index (χ4n) is 2.49. The van der Waals surface area contributed by atoms with Crippen LogP contribution >= 0.6 is 0 Å². The summed E-state index contributed by atoms with van der Waals surface area (Å²) in [5.41, 5.74) is -0.153. The summed E-state index contributed by atoms with van der Waals surface area (Å²) in [6.07, 6.45) is -1.78. The minimum atomic E-state index is -1.20. The van der Waals surface area contributed by atoms with Crippen LogP contribution in [0.5, 0.6) is 0 Å². The first-order chi connectivity index (χ1) is 10.2. The summed E-state index contributed by atoms with van der Waals surface area (Å²) in [6.45, 7) is 5.06. The summed E-state index contributed by atoms with van der Waals surface area (Å²) in [5, 5.41) is 8.91. The van der Waals surface area contributed by atoms with Crippen LogP contribution in [-0.2, 0) is 4.74 Å². The summed E-state index contributed by atoms with van der Waals surface area (Å²) in [5.74, 6) is -0.583. The Balaban J connectivity index is 2.30. The number of nitriles is 1. The van der Waals surface area contributed by atoms with Gasteiger partial charge in [-0.15, -0.1) is 0 Å². The van der Waals surface area contributed by atoms with Gasteiger partial charge in [0, 0.05) is 6.42 Å². The van der Waals surface area contributed by atoms with E-state index < -0.39 is 29.7 Å². The molecule has 22 heavy (non-hydrogen) atoms. The molecular formula is C16H18F2N2O2. The average molecular weight is 308 g/mol. The molecule has 2 unspecified atom stereocenters. The summed E-state index contributed by atoms with van der Waals surface area (Å²) >= 11 is 0. The van der Waals surface area contributed by atoms with Crippen LogP contribution in [0.3, 0.4) is 0 Å². The number of hydrogen-bond acceptors (Lipinski definition) is 3. The van der Waals surface area contributed by atoms with Gasteiger partial charge < -0.3 is 4.74 Å². The van der Waals surface area contributed by atoms with Crippen molar-refractivity contribution in [2.24, 2.45) is 0 Å². The molecule has 4 nitrogen and oxygen atoms in total. The molecule has 0 saturated carbocycles. The van der Waals surface area contributed by atoms with Gasteiger partial charge in [-0.3, -0.25) is 4.90 Å². The Bertz CT molecular complexity index is 620. The van der Waals surface area contributed by atoms with Crippen molar-refractivity contribution in [2.45, 2.75) is 45.0 Å². The first kappa shape index (κ1) is 16.2. The number of benzene rings is 1. The number of rotatable bonds is 1. The number of halogens is 2. The Labute approximate surface area is 128 Å². The van der Waals surface area contributed by atoms with E-state index >= 15 is 0 Å². The summed E-state index contributed by atoms with van der Waals surface area (Å²) in [6, 6.07) is 5.02. The normalized spacial score (nSPS) is 21.5. The molecule has 6 heteroatoms. The van der Waals surface area contributed by atoms with Gasteiger partial charge in [0.25, 0.3) is 0 Å². The molecule has 0 bridgehead atoms. The Hall–Kier alpha value is -2.16. The maximum Gasteiger partial charge on any atom is 0.410 e. The highest BCUT2D eigenvalue weighted by atomic mass is 19.1. The van der Waals surface area contributed by atoms with Crippen molar-refractivity contribution in [1.29, 1.82) is 5.26 Å². The van der Waals surface area contributed by atoms with Crippen LogP contribution in [0.1, 0.15) is 44.4 Å². The highest BCUT2D eigenvalue weighted by molar-refractivity contribution is 5.69. The quantitative estimate of drug-likeness (QED) is 0.794.